The standard InChI is InChI=1S/C16H23BrN2O2/c1-9-12(18)6-5-11(16(9,2)3)15(21)19-13-8-10(17)4-7-14(13)20/h4,7-9,11-12,20H,5-6,18H2,1-3H3,(H,19,21). The van der Waals surface area contributed by atoms with Crippen molar-refractivity contribution in [2.75, 3.05) is 5.32 Å². The second kappa shape index (κ2) is 5.97. The Bertz CT molecular complexity index is 545. The van der Waals surface area contributed by atoms with Crippen LogP contribution >= 0.6 is 15.9 Å². The maximum absolute atomic E-state index is 12.6. The highest BCUT2D eigenvalue weighted by atomic mass is 79.9. The maximum atomic E-state index is 12.6. The number of rotatable bonds is 2. The van der Waals surface area contributed by atoms with Gasteiger partial charge in [0.1, 0.15) is 5.75 Å². The van der Waals surface area contributed by atoms with Crippen molar-refractivity contribution in [3.05, 3.63) is 22.7 Å². The first-order valence-corrected chi connectivity index (χ1v) is 8.07. The monoisotopic (exact) mass is 354 g/mol. The van der Waals surface area contributed by atoms with E-state index in [1.807, 2.05) is 0 Å². The first kappa shape index (κ1) is 16.3. The maximum Gasteiger partial charge on any atom is 0.228 e. The summed E-state index contributed by atoms with van der Waals surface area (Å²) in [7, 11) is 0. The van der Waals surface area contributed by atoms with Crippen molar-refractivity contribution in [3.8, 4) is 5.75 Å². The van der Waals surface area contributed by atoms with Crippen molar-refractivity contribution in [1.29, 1.82) is 0 Å². The smallest absolute Gasteiger partial charge is 0.228 e. The fraction of sp³-hybridized carbons (Fsp3) is 0.562. The van der Waals surface area contributed by atoms with Gasteiger partial charge in [-0.2, -0.15) is 0 Å². The first-order valence-electron chi connectivity index (χ1n) is 7.28. The lowest BCUT2D eigenvalue weighted by Gasteiger charge is -2.46. The number of phenols is 1. The van der Waals surface area contributed by atoms with E-state index in [0.717, 1.165) is 17.3 Å². The highest BCUT2D eigenvalue weighted by molar-refractivity contribution is 9.10. The SMILES string of the molecule is CC1C(N)CCC(C(=O)Nc2cc(Br)ccc2O)C1(C)C. The van der Waals surface area contributed by atoms with Gasteiger partial charge in [0.2, 0.25) is 5.91 Å². The van der Waals surface area contributed by atoms with Gasteiger partial charge in [0.15, 0.2) is 0 Å². The second-order valence-corrected chi connectivity index (χ2v) is 7.47. The number of carbonyl (C=O) groups excluding carboxylic acids is 1. The molecule has 0 radical (unpaired) electrons. The molecular formula is C16H23BrN2O2. The van der Waals surface area contributed by atoms with E-state index in [0.29, 0.717) is 5.69 Å². The van der Waals surface area contributed by atoms with Crippen LogP contribution in [0.4, 0.5) is 5.69 Å². The Labute approximate surface area is 134 Å². The van der Waals surface area contributed by atoms with Gasteiger partial charge in [0, 0.05) is 16.4 Å². The van der Waals surface area contributed by atoms with Gasteiger partial charge in [0.05, 0.1) is 5.69 Å². The Hall–Kier alpha value is -1.07. The molecule has 2 rings (SSSR count). The number of halogens is 1. The Morgan fingerprint density at radius 2 is 2.10 bits per heavy atom. The number of hydrogen-bond acceptors (Lipinski definition) is 3. The van der Waals surface area contributed by atoms with Crippen LogP contribution < -0.4 is 11.1 Å². The Morgan fingerprint density at radius 1 is 1.43 bits per heavy atom. The molecule has 116 valence electrons. The van der Waals surface area contributed by atoms with Gasteiger partial charge < -0.3 is 16.2 Å². The molecule has 3 atom stereocenters. The van der Waals surface area contributed by atoms with Gasteiger partial charge in [-0.3, -0.25) is 4.79 Å². The highest BCUT2D eigenvalue weighted by Crippen LogP contribution is 2.45. The minimum Gasteiger partial charge on any atom is -0.506 e. The molecule has 1 fully saturated rings. The van der Waals surface area contributed by atoms with E-state index in [-0.39, 0.29) is 34.9 Å². The van der Waals surface area contributed by atoms with E-state index in [1.165, 1.54) is 0 Å². The van der Waals surface area contributed by atoms with Crippen LogP contribution in [0.3, 0.4) is 0 Å². The molecule has 0 spiro atoms. The fourth-order valence-corrected chi connectivity index (χ4v) is 3.51. The molecule has 0 bridgehead atoms. The molecular weight excluding hydrogens is 332 g/mol. The number of phenolic OH excluding ortho intramolecular Hbond substituents is 1. The lowest BCUT2D eigenvalue weighted by molar-refractivity contribution is -0.127. The largest absolute Gasteiger partial charge is 0.506 e. The second-order valence-electron chi connectivity index (χ2n) is 6.55. The molecule has 3 unspecified atom stereocenters. The molecule has 0 saturated heterocycles. The number of amides is 1. The van der Waals surface area contributed by atoms with Crippen LogP contribution in [0, 0.1) is 17.3 Å². The Kier molecular flexibility index (Phi) is 4.63. The lowest BCUT2D eigenvalue weighted by atomic mass is 9.61. The molecule has 4 nitrogen and oxygen atoms in total. The van der Waals surface area contributed by atoms with Crippen LogP contribution in [0.5, 0.6) is 5.75 Å². The number of nitrogens with one attached hydrogen (secondary N) is 1. The van der Waals surface area contributed by atoms with Crippen LogP contribution in [0.15, 0.2) is 22.7 Å². The lowest BCUT2D eigenvalue weighted by Crippen LogP contribution is -2.50. The summed E-state index contributed by atoms with van der Waals surface area (Å²) in [6.45, 7) is 6.31. The minimum atomic E-state index is -0.163. The molecule has 1 aliphatic carbocycles. The van der Waals surface area contributed by atoms with E-state index >= 15 is 0 Å². The summed E-state index contributed by atoms with van der Waals surface area (Å²) in [4.78, 5) is 12.6. The topological polar surface area (TPSA) is 75.4 Å². The average Bonchev–Trinajstić information content (AvgIpc) is 2.40. The van der Waals surface area contributed by atoms with Gasteiger partial charge in [-0.1, -0.05) is 36.7 Å². The van der Waals surface area contributed by atoms with E-state index in [4.69, 9.17) is 5.73 Å². The van der Waals surface area contributed by atoms with E-state index in [1.54, 1.807) is 18.2 Å². The Morgan fingerprint density at radius 3 is 2.76 bits per heavy atom. The molecule has 1 saturated carbocycles. The molecule has 1 aliphatic rings. The molecule has 5 heteroatoms. The quantitative estimate of drug-likeness (QED) is 0.711. The molecule has 21 heavy (non-hydrogen) atoms. The van der Waals surface area contributed by atoms with Crippen molar-refractivity contribution < 1.29 is 9.90 Å². The third-order valence-electron chi connectivity index (χ3n) is 5.04. The number of nitrogens with two attached hydrogens (primary N) is 1. The molecule has 1 aromatic rings. The number of aromatic hydroxyl groups is 1. The van der Waals surface area contributed by atoms with Gasteiger partial charge >= 0.3 is 0 Å². The average molecular weight is 355 g/mol. The van der Waals surface area contributed by atoms with Crippen LogP contribution in [0.1, 0.15) is 33.6 Å². The fourth-order valence-electron chi connectivity index (χ4n) is 3.15. The van der Waals surface area contributed by atoms with E-state index < -0.39 is 0 Å². The summed E-state index contributed by atoms with van der Waals surface area (Å²) in [6.07, 6.45) is 1.63. The molecule has 0 aromatic heterocycles. The van der Waals surface area contributed by atoms with Gasteiger partial charge in [-0.15, -0.1) is 0 Å². The van der Waals surface area contributed by atoms with Crippen molar-refractivity contribution in [1.82, 2.24) is 0 Å². The van der Waals surface area contributed by atoms with Crippen LogP contribution in [-0.2, 0) is 4.79 Å². The normalized spacial score (nSPS) is 28.1. The number of anilines is 1. The summed E-state index contributed by atoms with van der Waals surface area (Å²) < 4.78 is 0.814. The predicted molar refractivity (Wildman–Crippen MR) is 88.1 cm³/mol. The summed E-state index contributed by atoms with van der Waals surface area (Å²) in [6, 6.07) is 5.14. The van der Waals surface area contributed by atoms with E-state index in [2.05, 4.69) is 42.0 Å². The minimum absolute atomic E-state index is 0.0489. The predicted octanol–water partition coefficient (Wildman–Crippen LogP) is 3.49. The van der Waals surface area contributed by atoms with E-state index in [9.17, 15) is 9.90 Å². The summed E-state index contributed by atoms with van der Waals surface area (Å²) in [5.41, 5.74) is 6.41. The van der Waals surface area contributed by atoms with Crippen LogP contribution in [0.25, 0.3) is 0 Å². The Balaban J connectivity index is 2.18. The molecule has 0 heterocycles. The third kappa shape index (κ3) is 3.24. The zero-order chi connectivity index (χ0) is 15.8. The van der Waals surface area contributed by atoms with Gasteiger partial charge in [-0.05, 0) is 42.4 Å². The van der Waals surface area contributed by atoms with Crippen molar-refractivity contribution in [3.63, 3.8) is 0 Å². The summed E-state index contributed by atoms with van der Waals surface area (Å²) in [5, 5.41) is 12.7. The van der Waals surface area contributed by atoms with Crippen molar-refractivity contribution in [2.24, 2.45) is 23.0 Å². The van der Waals surface area contributed by atoms with Crippen molar-refractivity contribution >= 4 is 27.5 Å². The zero-order valence-corrected chi connectivity index (χ0v) is 14.3. The van der Waals surface area contributed by atoms with Crippen LogP contribution in [0.2, 0.25) is 0 Å². The van der Waals surface area contributed by atoms with Crippen molar-refractivity contribution in [2.45, 2.75) is 39.7 Å². The van der Waals surface area contributed by atoms with Crippen LogP contribution in [-0.4, -0.2) is 17.1 Å². The number of hydrogen-bond donors (Lipinski definition) is 3. The third-order valence-corrected chi connectivity index (χ3v) is 5.53. The first-order chi connectivity index (χ1) is 9.73. The summed E-state index contributed by atoms with van der Waals surface area (Å²) >= 11 is 3.34. The molecule has 1 amide bonds. The van der Waals surface area contributed by atoms with Gasteiger partial charge in [-0.25, -0.2) is 0 Å². The number of carbonyl (C=O) groups is 1. The molecule has 4 N–H and O–H groups in total. The summed E-state index contributed by atoms with van der Waals surface area (Å²) in [5.74, 6) is 0.195. The van der Waals surface area contributed by atoms with Gasteiger partial charge in [0.25, 0.3) is 0 Å². The molecule has 1 aromatic carbocycles. The molecule has 0 aliphatic heterocycles. The number of benzene rings is 1. The highest BCUT2D eigenvalue weighted by Gasteiger charge is 2.45. The zero-order valence-electron chi connectivity index (χ0n) is 12.7.